The third kappa shape index (κ3) is 3.25. The van der Waals surface area contributed by atoms with Crippen LogP contribution in [0, 0.1) is 0 Å². The summed E-state index contributed by atoms with van der Waals surface area (Å²) in [5, 5.41) is 0. The lowest BCUT2D eigenvalue weighted by molar-refractivity contribution is 0.584. The van der Waals surface area contributed by atoms with Gasteiger partial charge in [-0.05, 0) is 11.6 Å². The van der Waals surface area contributed by atoms with Crippen molar-refractivity contribution in [3.05, 3.63) is 54.4 Å². The summed E-state index contributed by atoms with van der Waals surface area (Å²) in [4.78, 5) is 7.91. The molecule has 2 aromatic rings. The molecule has 3 nitrogen and oxygen atoms in total. The summed E-state index contributed by atoms with van der Waals surface area (Å²) >= 11 is 1.33. The van der Waals surface area contributed by atoms with Crippen molar-refractivity contribution < 1.29 is 4.18 Å². The standard InChI is InChI=1S/C11H10N2OS/c1-2-5-10(6-3-1)9-15-14-11-12-7-4-8-13-11/h1-8H,9H2. The van der Waals surface area contributed by atoms with E-state index in [1.165, 1.54) is 17.6 Å². The topological polar surface area (TPSA) is 35.0 Å². The first-order valence-corrected chi connectivity index (χ1v) is 5.46. The van der Waals surface area contributed by atoms with E-state index in [0.29, 0.717) is 6.01 Å². The fourth-order valence-electron chi connectivity index (χ4n) is 1.05. The predicted octanol–water partition coefficient (Wildman–Crippen LogP) is 2.70. The number of benzene rings is 1. The molecule has 0 bridgehead atoms. The van der Waals surface area contributed by atoms with E-state index in [2.05, 4.69) is 22.1 Å². The van der Waals surface area contributed by atoms with Crippen LogP contribution in [0.2, 0.25) is 0 Å². The van der Waals surface area contributed by atoms with E-state index in [-0.39, 0.29) is 0 Å². The van der Waals surface area contributed by atoms with Gasteiger partial charge in [0.15, 0.2) is 0 Å². The van der Waals surface area contributed by atoms with E-state index in [9.17, 15) is 0 Å². The smallest absolute Gasteiger partial charge is 0.328 e. The van der Waals surface area contributed by atoms with Crippen LogP contribution in [-0.4, -0.2) is 9.97 Å². The molecule has 0 saturated carbocycles. The summed E-state index contributed by atoms with van der Waals surface area (Å²) in [7, 11) is 0. The van der Waals surface area contributed by atoms with Crippen molar-refractivity contribution >= 4 is 12.0 Å². The van der Waals surface area contributed by atoms with E-state index in [0.717, 1.165) is 5.75 Å². The first-order chi connectivity index (χ1) is 7.45. The summed E-state index contributed by atoms with van der Waals surface area (Å²) in [5.41, 5.74) is 1.22. The fourth-order valence-corrected chi connectivity index (χ4v) is 1.63. The maximum Gasteiger partial charge on any atom is 0.328 e. The summed E-state index contributed by atoms with van der Waals surface area (Å²) in [6.45, 7) is 0. The Morgan fingerprint density at radius 3 is 2.47 bits per heavy atom. The third-order valence-electron chi connectivity index (χ3n) is 1.74. The average molecular weight is 218 g/mol. The molecule has 0 spiro atoms. The normalized spacial score (nSPS) is 9.87. The highest BCUT2D eigenvalue weighted by molar-refractivity contribution is 7.94. The van der Waals surface area contributed by atoms with Crippen LogP contribution in [0.15, 0.2) is 48.8 Å². The monoisotopic (exact) mass is 218 g/mol. The van der Waals surface area contributed by atoms with Gasteiger partial charge in [0.2, 0.25) is 0 Å². The van der Waals surface area contributed by atoms with Crippen molar-refractivity contribution in [2.24, 2.45) is 0 Å². The molecule has 0 fully saturated rings. The van der Waals surface area contributed by atoms with Gasteiger partial charge >= 0.3 is 6.01 Å². The van der Waals surface area contributed by atoms with E-state index in [1.54, 1.807) is 18.5 Å². The lowest BCUT2D eigenvalue weighted by Crippen LogP contribution is -1.89. The first kappa shape index (κ1) is 9.98. The molecular weight excluding hydrogens is 208 g/mol. The molecule has 0 aliphatic heterocycles. The van der Waals surface area contributed by atoms with Gasteiger partial charge in [0, 0.05) is 12.4 Å². The summed E-state index contributed by atoms with van der Waals surface area (Å²) < 4.78 is 5.30. The van der Waals surface area contributed by atoms with Crippen LogP contribution in [0.25, 0.3) is 0 Å². The molecule has 0 radical (unpaired) electrons. The molecule has 0 aliphatic carbocycles. The van der Waals surface area contributed by atoms with Gasteiger partial charge in [0.25, 0.3) is 0 Å². The van der Waals surface area contributed by atoms with Crippen LogP contribution >= 0.6 is 12.0 Å². The van der Waals surface area contributed by atoms with Gasteiger partial charge in [-0.2, -0.15) is 0 Å². The maximum absolute atomic E-state index is 5.30. The Morgan fingerprint density at radius 2 is 1.73 bits per heavy atom. The quantitative estimate of drug-likeness (QED) is 0.739. The minimum Gasteiger partial charge on any atom is -0.389 e. The maximum atomic E-state index is 5.30. The van der Waals surface area contributed by atoms with Crippen LogP contribution in [-0.2, 0) is 5.75 Å². The van der Waals surface area contributed by atoms with Gasteiger partial charge in [0.1, 0.15) is 0 Å². The van der Waals surface area contributed by atoms with E-state index in [4.69, 9.17) is 4.18 Å². The second-order valence-electron chi connectivity index (χ2n) is 2.86. The van der Waals surface area contributed by atoms with Crippen LogP contribution in [0.4, 0.5) is 0 Å². The highest BCUT2D eigenvalue weighted by atomic mass is 32.2. The molecule has 0 N–H and O–H groups in total. The van der Waals surface area contributed by atoms with Crippen molar-refractivity contribution in [2.75, 3.05) is 0 Å². The van der Waals surface area contributed by atoms with Crippen LogP contribution < -0.4 is 4.18 Å². The molecule has 0 unspecified atom stereocenters. The minimum atomic E-state index is 0.401. The van der Waals surface area contributed by atoms with Crippen molar-refractivity contribution in [3.8, 4) is 6.01 Å². The number of nitrogens with zero attached hydrogens (tertiary/aromatic N) is 2. The molecule has 1 heterocycles. The molecule has 4 heteroatoms. The Kier molecular flexibility index (Phi) is 3.57. The SMILES string of the molecule is c1ccc(CSOc2ncccn2)cc1. The Bertz CT molecular complexity index is 354. The van der Waals surface area contributed by atoms with Gasteiger partial charge in [-0.1, -0.05) is 30.3 Å². The number of rotatable bonds is 4. The van der Waals surface area contributed by atoms with Crippen molar-refractivity contribution in [1.82, 2.24) is 9.97 Å². The minimum absolute atomic E-state index is 0.401. The Labute approximate surface area is 92.7 Å². The molecule has 0 atom stereocenters. The van der Waals surface area contributed by atoms with E-state index in [1.807, 2.05) is 18.2 Å². The van der Waals surface area contributed by atoms with E-state index >= 15 is 0 Å². The molecule has 15 heavy (non-hydrogen) atoms. The second kappa shape index (κ2) is 5.36. The molecular formula is C11H10N2OS. The van der Waals surface area contributed by atoms with Crippen LogP contribution in [0.3, 0.4) is 0 Å². The molecule has 1 aromatic heterocycles. The number of hydrogen-bond donors (Lipinski definition) is 0. The molecule has 2 rings (SSSR count). The van der Waals surface area contributed by atoms with Crippen LogP contribution in [0.1, 0.15) is 5.56 Å². The lowest BCUT2D eigenvalue weighted by Gasteiger charge is -2.01. The Hall–Kier alpha value is -1.55. The van der Waals surface area contributed by atoms with Crippen molar-refractivity contribution in [3.63, 3.8) is 0 Å². The second-order valence-corrected chi connectivity index (χ2v) is 3.55. The lowest BCUT2D eigenvalue weighted by atomic mass is 10.2. The van der Waals surface area contributed by atoms with Gasteiger partial charge in [-0.15, -0.1) is 0 Å². The van der Waals surface area contributed by atoms with E-state index < -0.39 is 0 Å². The van der Waals surface area contributed by atoms with Gasteiger partial charge in [-0.25, -0.2) is 9.97 Å². The Morgan fingerprint density at radius 1 is 1.00 bits per heavy atom. The largest absolute Gasteiger partial charge is 0.389 e. The number of aromatic nitrogens is 2. The molecule has 1 aromatic carbocycles. The Balaban J connectivity index is 1.81. The fraction of sp³-hybridized carbons (Fsp3) is 0.0909. The summed E-state index contributed by atoms with van der Waals surface area (Å²) in [6, 6.07) is 12.3. The number of hydrogen-bond acceptors (Lipinski definition) is 4. The van der Waals surface area contributed by atoms with Crippen molar-refractivity contribution in [2.45, 2.75) is 5.75 Å². The molecule has 0 saturated heterocycles. The van der Waals surface area contributed by atoms with Gasteiger partial charge in [0.05, 0.1) is 17.8 Å². The average Bonchev–Trinajstić information content (AvgIpc) is 2.32. The molecule has 0 amide bonds. The summed E-state index contributed by atoms with van der Waals surface area (Å²) in [6.07, 6.45) is 3.32. The summed E-state index contributed by atoms with van der Waals surface area (Å²) in [5.74, 6) is 0.791. The van der Waals surface area contributed by atoms with Crippen molar-refractivity contribution in [1.29, 1.82) is 0 Å². The third-order valence-corrected chi connectivity index (χ3v) is 2.46. The predicted molar refractivity (Wildman–Crippen MR) is 60.4 cm³/mol. The highest BCUT2D eigenvalue weighted by Crippen LogP contribution is 2.14. The first-order valence-electron chi connectivity index (χ1n) is 4.55. The van der Waals surface area contributed by atoms with Gasteiger partial charge < -0.3 is 4.18 Å². The zero-order valence-electron chi connectivity index (χ0n) is 8.04. The zero-order valence-corrected chi connectivity index (χ0v) is 8.85. The highest BCUT2D eigenvalue weighted by Gasteiger charge is 1.97. The molecule has 0 aliphatic rings. The van der Waals surface area contributed by atoms with Gasteiger partial charge in [-0.3, -0.25) is 0 Å². The molecule has 76 valence electrons. The zero-order chi connectivity index (χ0) is 10.3. The van der Waals surface area contributed by atoms with Crippen LogP contribution in [0.5, 0.6) is 6.01 Å².